The van der Waals surface area contributed by atoms with E-state index in [0.717, 1.165) is 11.6 Å². The number of aromatic nitrogens is 3. The third-order valence-corrected chi connectivity index (χ3v) is 3.34. The van der Waals surface area contributed by atoms with Crippen LogP contribution in [-0.4, -0.2) is 58.4 Å². The molecule has 1 N–H and O–H groups in total. The number of fused-ring (bicyclic) bond motifs is 1. The topological polar surface area (TPSA) is 72.3 Å². The van der Waals surface area contributed by atoms with E-state index in [-0.39, 0.29) is 11.9 Å². The number of ether oxygens (including phenoxy) is 1. The van der Waals surface area contributed by atoms with Crippen molar-refractivity contribution in [2.24, 2.45) is 0 Å². The van der Waals surface area contributed by atoms with Crippen molar-refractivity contribution >= 4 is 5.91 Å². The largest absolute Gasteiger partial charge is 0.380 e. The Morgan fingerprint density at radius 1 is 1.53 bits per heavy atom. The molecule has 1 atom stereocenters. The second-order valence-electron chi connectivity index (χ2n) is 4.69. The predicted octanol–water partition coefficient (Wildman–Crippen LogP) is -0.447. The first-order valence-electron chi connectivity index (χ1n) is 6.57. The molecule has 106 valence electrons. The van der Waals surface area contributed by atoms with Gasteiger partial charge in [-0.2, -0.15) is 0 Å². The van der Waals surface area contributed by atoms with Gasteiger partial charge in [0.15, 0.2) is 0 Å². The lowest BCUT2D eigenvalue weighted by atomic mass is 10.2. The SMILES string of the molecule is CCOCCNC(=O)C1Cn2c(C)nnc2CN1C. The van der Waals surface area contributed by atoms with Crippen LogP contribution in [0.3, 0.4) is 0 Å². The molecule has 0 saturated carbocycles. The van der Waals surface area contributed by atoms with Crippen molar-refractivity contribution in [3.63, 3.8) is 0 Å². The number of hydrogen-bond donors (Lipinski definition) is 1. The fourth-order valence-electron chi connectivity index (χ4n) is 2.22. The summed E-state index contributed by atoms with van der Waals surface area (Å²) in [6.45, 7) is 6.86. The highest BCUT2D eigenvalue weighted by atomic mass is 16.5. The zero-order valence-corrected chi connectivity index (χ0v) is 11.7. The summed E-state index contributed by atoms with van der Waals surface area (Å²) in [5.41, 5.74) is 0. The van der Waals surface area contributed by atoms with Gasteiger partial charge in [-0.3, -0.25) is 9.69 Å². The lowest BCUT2D eigenvalue weighted by Crippen LogP contribution is -2.51. The van der Waals surface area contributed by atoms with E-state index in [1.54, 1.807) is 0 Å². The van der Waals surface area contributed by atoms with E-state index >= 15 is 0 Å². The molecule has 0 saturated heterocycles. The lowest BCUT2D eigenvalue weighted by Gasteiger charge is -2.32. The highest BCUT2D eigenvalue weighted by Gasteiger charge is 2.30. The molecule has 0 spiro atoms. The van der Waals surface area contributed by atoms with E-state index in [4.69, 9.17) is 4.74 Å². The minimum Gasteiger partial charge on any atom is -0.380 e. The summed E-state index contributed by atoms with van der Waals surface area (Å²) in [5.74, 6) is 1.80. The Labute approximate surface area is 112 Å². The highest BCUT2D eigenvalue weighted by Crippen LogP contribution is 2.15. The third-order valence-electron chi connectivity index (χ3n) is 3.34. The van der Waals surface area contributed by atoms with E-state index in [1.165, 1.54) is 0 Å². The summed E-state index contributed by atoms with van der Waals surface area (Å²) < 4.78 is 7.21. The molecule has 0 fully saturated rings. The van der Waals surface area contributed by atoms with Crippen molar-refractivity contribution in [1.29, 1.82) is 0 Å². The summed E-state index contributed by atoms with van der Waals surface area (Å²) in [5, 5.41) is 11.1. The number of hydrogen-bond acceptors (Lipinski definition) is 5. The summed E-state index contributed by atoms with van der Waals surface area (Å²) in [6, 6.07) is -0.177. The van der Waals surface area contributed by atoms with Crippen LogP contribution >= 0.6 is 0 Å². The number of aryl methyl sites for hydroxylation is 1. The van der Waals surface area contributed by atoms with Crippen LogP contribution in [0.25, 0.3) is 0 Å². The standard InChI is InChI=1S/C12H21N5O2/c1-4-19-6-5-13-12(18)10-7-17-9(2)14-15-11(17)8-16(10)3/h10H,4-8H2,1-3H3,(H,13,18). The fourth-order valence-corrected chi connectivity index (χ4v) is 2.22. The van der Waals surface area contributed by atoms with Crippen molar-refractivity contribution in [3.05, 3.63) is 11.6 Å². The number of carbonyl (C=O) groups excluding carboxylic acids is 1. The smallest absolute Gasteiger partial charge is 0.239 e. The molecular formula is C12H21N5O2. The molecule has 1 aromatic heterocycles. The first-order chi connectivity index (χ1) is 9.13. The molecule has 1 unspecified atom stereocenters. The van der Waals surface area contributed by atoms with Gasteiger partial charge in [0.25, 0.3) is 0 Å². The quantitative estimate of drug-likeness (QED) is 0.732. The predicted molar refractivity (Wildman–Crippen MR) is 69.5 cm³/mol. The summed E-state index contributed by atoms with van der Waals surface area (Å²) in [6.07, 6.45) is 0. The van der Waals surface area contributed by atoms with Crippen LogP contribution < -0.4 is 5.32 Å². The van der Waals surface area contributed by atoms with Gasteiger partial charge >= 0.3 is 0 Å². The Morgan fingerprint density at radius 3 is 3.05 bits per heavy atom. The van der Waals surface area contributed by atoms with Gasteiger partial charge < -0.3 is 14.6 Å². The summed E-state index contributed by atoms with van der Waals surface area (Å²) >= 11 is 0. The van der Waals surface area contributed by atoms with Crippen LogP contribution in [-0.2, 0) is 22.6 Å². The second-order valence-corrected chi connectivity index (χ2v) is 4.69. The van der Waals surface area contributed by atoms with Crippen molar-refractivity contribution < 1.29 is 9.53 Å². The monoisotopic (exact) mass is 267 g/mol. The minimum absolute atomic E-state index is 0.0287. The van der Waals surface area contributed by atoms with Gasteiger partial charge in [-0.1, -0.05) is 0 Å². The molecule has 0 radical (unpaired) electrons. The van der Waals surface area contributed by atoms with Crippen LogP contribution in [0.15, 0.2) is 0 Å². The van der Waals surface area contributed by atoms with Gasteiger partial charge in [-0.25, -0.2) is 0 Å². The maximum Gasteiger partial charge on any atom is 0.239 e. The van der Waals surface area contributed by atoms with Crippen LogP contribution in [0.2, 0.25) is 0 Å². The maximum absolute atomic E-state index is 12.2. The van der Waals surface area contributed by atoms with Crippen LogP contribution in [0.5, 0.6) is 0 Å². The molecule has 2 heterocycles. The first kappa shape index (κ1) is 14.0. The maximum atomic E-state index is 12.2. The lowest BCUT2D eigenvalue weighted by molar-refractivity contribution is -0.127. The Kier molecular flexibility index (Phi) is 4.49. The van der Waals surface area contributed by atoms with Gasteiger partial charge in [0, 0.05) is 13.2 Å². The molecule has 0 bridgehead atoms. The number of nitrogens with zero attached hydrogens (tertiary/aromatic N) is 4. The van der Waals surface area contributed by atoms with Gasteiger partial charge in [0.1, 0.15) is 17.7 Å². The molecular weight excluding hydrogens is 246 g/mol. The van der Waals surface area contributed by atoms with Crippen molar-refractivity contribution in [1.82, 2.24) is 25.0 Å². The molecule has 19 heavy (non-hydrogen) atoms. The Morgan fingerprint density at radius 2 is 2.32 bits per heavy atom. The zero-order valence-electron chi connectivity index (χ0n) is 11.7. The number of likely N-dealkylation sites (N-methyl/N-ethyl adjacent to an activating group) is 1. The molecule has 2 rings (SSSR count). The molecule has 0 aromatic carbocycles. The number of rotatable bonds is 5. The van der Waals surface area contributed by atoms with Gasteiger partial charge in [-0.05, 0) is 20.9 Å². The molecule has 0 aliphatic carbocycles. The molecule has 1 aromatic rings. The molecule has 1 aliphatic rings. The molecule has 1 aliphatic heterocycles. The second kappa shape index (κ2) is 6.12. The van der Waals surface area contributed by atoms with Crippen LogP contribution in [0.4, 0.5) is 0 Å². The molecule has 1 amide bonds. The van der Waals surface area contributed by atoms with E-state index in [0.29, 0.717) is 32.8 Å². The first-order valence-corrected chi connectivity index (χ1v) is 6.57. The molecule has 7 nitrogen and oxygen atoms in total. The van der Waals surface area contributed by atoms with Crippen molar-refractivity contribution in [2.75, 3.05) is 26.8 Å². The van der Waals surface area contributed by atoms with Gasteiger partial charge in [0.2, 0.25) is 5.91 Å². The van der Waals surface area contributed by atoms with E-state index in [2.05, 4.69) is 15.5 Å². The Bertz CT molecular complexity index is 445. The summed E-state index contributed by atoms with van der Waals surface area (Å²) in [7, 11) is 1.93. The normalized spacial score (nSPS) is 19.2. The summed E-state index contributed by atoms with van der Waals surface area (Å²) in [4.78, 5) is 14.2. The Balaban J connectivity index is 1.93. The highest BCUT2D eigenvalue weighted by molar-refractivity contribution is 5.81. The van der Waals surface area contributed by atoms with Gasteiger partial charge in [0.05, 0.1) is 19.7 Å². The van der Waals surface area contributed by atoms with Crippen LogP contribution in [0, 0.1) is 6.92 Å². The Hall–Kier alpha value is -1.47. The number of nitrogens with one attached hydrogen (secondary N) is 1. The molecule has 7 heteroatoms. The zero-order chi connectivity index (χ0) is 13.8. The van der Waals surface area contributed by atoms with Gasteiger partial charge in [-0.15, -0.1) is 10.2 Å². The van der Waals surface area contributed by atoms with E-state index < -0.39 is 0 Å². The third kappa shape index (κ3) is 3.10. The van der Waals surface area contributed by atoms with Crippen LogP contribution in [0.1, 0.15) is 18.6 Å². The number of carbonyl (C=O) groups is 1. The fraction of sp³-hybridized carbons (Fsp3) is 0.750. The number of amides is 1. The average molecular weight is 267 g/mol. The van der Waals surface area contributed by atoms with Crippen molar-refractivity contribution in [2.45, 2.75) is 33.0 Å². The van der Waals surface area contributed by atoms with E-state index in [9.17, 15) is 4.79 Å². The average Bonchev–Trinajstić information content (AvgIpc) is 2.74. The van der Waals surface area contributed by atoms with E-state index in [1.807, 2.05) is 30.4 Å². The minimum atomic E-state index is -0.177. The van der Waals surface area contributed by atoms with Crippen molar-refractivity contribution in [3.8, 4) is 0 Å².